The molecule has 172 valence electrons. The van der Waals surface area contributed by atoms with Crippen molar-refractivity contribution in [3.05, 3.63) is 35.1 Å². The first-order valence-electron chi connectivity index (χ1n) is 11.1. The Hall–Kier alpha value is -2.15. The number of rotatable bonds is 6. The Morgan fingerprint density at radius 2 is 1.87 bits per heavy atom. The van der Waals surface area contributed by atoms with Gasteiger partial charge in [-0.3, -0.25) is 4.79 Å². The second-order valence-corrected chi connectivity index (χ2v) is 9.99. The zero-order valence-corrected chi connectivity index (χ0v) is 19.3. The van der Waals surface area contributed by atoms with Crippen LogP contribution < -0.4 is 0 Å². The number of hydrogen-bond acceptors (Lipinski definition) is 4. The first kappa shape index (κ1) is 23.5. The SMILES string of the molecule is CN(C)C(=O)c1ccc(COC[C@@H]2C[C@@H]2C2CCN(C(=O)OC(C)(C)C)CC2)cc1F. The van der Waals surface area contributed by atoms with Gasteiger partial charge in [-0.05, 0) is 75.5 Å². The average Bonchev–Trinajstić information content (AvgIpc) is 3.46. The molecule has 1 saturated carbocycles. The molecular weight excluding hydrogens is 399 g/mol. The number of benzene rings is 1. The van der Waals surface area contributed by atoms with Crippen LogP contribution in [-0.4, -0.2) is 61.2 Å². The lowest BCUT2D eigenvalue weighted by Gasteiger charge is -2.33. The molecule has 0 spiro atoms. The first-order chi connectivity index (χ1) is 14.5. The van der Waals surface area contributed by atoms with Gasteiger partial charge in [-0.15, -0.1) is 0 Å². The number of amides is 2. The lowest BCUT2D eigenvalue weighted by atomic mass is 9.91. The fraction of sp³-hybridized carbons (Fsp3) is 0.667. The summed E-state index contributed by atoms with van der Waals surface area (Å²) in [5.41, 5.74) is 0.349. The predicted molar refractivity (Wildman–Crippen MR) is 116 cm³/mol. The molecule has 0 radical (unpaired) electrons. The van der Waals surface area contributed by atoms with Crippen LogP contribution in [0.4, 0.5) is 9.18 Å². The molecule has 2 aliphatic rings. The van der Waals surface area contributed by atoms with Gasteiger partial charge in [-0.25, -0.2) is 9.18 Å². The Labute approximate surface area is 184 Å². The second kappa shape index (κ2) is 9.55. The van der Waals surface area contributed by atoms with Crippen LogP contribution in [0.1, 0.15) is 56.0 Å². The summed E-state index contributed by atoms with van der Waals surface area (Å²) in [5.74, 6) is 0.959. The Balaban J connectivity index is 1.38. The summed E-state index contributed by atoms with van der Waals surface area (Å²) in [6.07, 6.45) is 2.95. The van der Waals surface area contributed by atoms with E-state index in [1.54, 1.807) is 20.2 Å². The van der Waals surface area contributed by atoms with Gasteiger partial charge in [0.15, 0.2) is 0 Å². The van der Waals surface area contributed by atoms with Crippen molar-refractivity contribution >= 4 is 12.0 Å². The van der Waals surface area contributed by atoms with Crippen molar-refractivity contribution in [3.8, 4) is 0 Å². The number of ether oxygens (including phenoxy) is 2. The van der Waals surface area contributed by atoms with Crippen molar-refractivity contribution in [2.24, 2.45) is 17.8 Å². The number of carbonyl (C=O) groups excluding carboxylic acids is 2. The minimum Gasteiger partial charge on any atom is -0.444 e. The van der Waals surface area contributed by atoms with Gasteiger partial charge >= 0.3 is 6.09 Å². The number of carbonyl (C=O) groups is 2. The Morgan fingerprint density at radius 1 is 1.19 bits per heavy atom. The number of piperidine rings is 1. The molecule has 0 N–H and O–H groups in total. The maximum absolute atomic E-state index is 14.2. The zero-order chi connectivity index (χ0) is 22.8. The Bertz CT molecular complexity index is 797. The fourth-order valence-corrected chi connectivity index (χ4v) is 4.27. The molecular formula is C24H35FN2O4. The van der Waals surface area contributed by atoms with Gasteiger partial charge < -0.3 is 19.3 Å². The third-order valence-electron chi connectivity index (χ3n) is 6.04. The molecule has 6 nitrogen and oxygen atoms in total. The highest BCUT2D eigenvalue weighted by Gasteiger charge is 2.44. The standard InChI is InChI=1S/C24H35FN2O4/c1-24(2,3)31-23(29)27-10-8-17(9-11-27)20-13-18(20)15-30-14-16-6-7-19(21(25)12-16)22(28)26(4)5/h6-7,12,17-18,20H,8-11,13-15H2,1-5H3/t18-,20+/m0/s1. The van der Waals surface area contributed by atoms with Crippen LogP contribution >= 0.6 is 0 Å². The van der Waals surface area contributed by atoms with Gasteiger partial charge in [0.2, 0.25) is 0 Å². The molecule has 1 aliphatic carbocycles. The highest BCUT2D eigenvalue weighted by Crippen LogP contribution is 2.48. The minimum absolute atomic E-state index is 0.0775. The molecule has 0 aromatic heterocycles. The van der Waals surface area contributed by atoms with Crippen LogP contribution in [0.3, 0.4) is 0 Å². The van der Waals surface area contributed by atoms with Crippen LogP contribution in [0.5, 0.6) is 0 Å². The number of likely N-dealkylation sites (tertiary alicyclic amines) is 1. The van der Waals surface area contributed by atoms with Gasteiger partial charge in [-0.2, -0.15) is 0 Å². The van der Waals surface area contributed by atoms with Gasteiger partial charge in [0, 0.05) is 27.2 Å². The largest absolute Gasteiger partial charge is 0.444 e. The van der Waals surface area contributed by atoms with E-state index in [1.165, 1.54) is 17.0 Å². The van der Waals surface area contributed by atoms with Gasteiger partial charge in [0.05, 0.1) is 18.8 Å². The summed E-state index contributed by atoms with van der Waals surface area (Å²) >= 11 is 0. The van der Waals surface area contributed by atoms with Crippen LogP contribution in [0, 0.1) is 23.6 Å². The summed E-state index contributed by atoms with van der Waals surface area (Å²) < 4.78 is 25.5. The van der Waals surface area contributed by atoms with E-state index in [1.807, 2.05) is 25.7 Å². The molecule has 7 heteroatoms. The van der Waals surface area contributed by atoms with E-state index in [2.05, 4.69) is 0 Å². The molecule has 2 amide bonds. The van der Waals surface area contributed by atoms with E-state index in [-0.39, 0.29) is 17.6 Å². The van der Waals surface area contributed by atoms with E-state index in [9.17, 15) is 14.0 Å². The molecule has 0 bridgehead atoms. The van der Waals surface area contributed by atoms with Crippen molar-refractivity contribution in [1.82, 2.24) is 9.80 Å². The highest BCUT2D eigenvalue weighted by atomic mass is 19.1. The molecule has 2 atom stereocenters. The number of hydrogen-bond donors (Lipinski definition) is 0. The number of halogens is 1. The number of nitrogens with zero attached hydrogens (tertiary/aromatic N) is 2. The highest BCUT2D eigenvalue weighted by molar-refractivity contribution is 5.94. The van der Waals surface area contributed by atoms with Crippen LogP contribution in [-0.2, 0) is 16.1 Å². The van der Waals surface area contributed by atoms with E-state index in [0.29, 0.717) is 31.0 Å². The molecule has 3 rings (SSSR count). The van der Waals surface area contributed by atoms with Crippen molar-refractivity contribution in [2.45, 2.75) is 52.2 Å². The summed E-state index contributed by atoms with van der Waals surface area (Å²) in [4.78, 5) is 27.3. The van der Waals surface area contributed by atoms with E-state index in [0.717, 1.165) is 37.9 Å². The monoisotopic (exact) mass is 434 g/mol. The lowest BCUT2D eigenvalue weighted by Crippen LogP contribution is -2.42. The molecule has 0 unspecified atom stereocenters. The zero-order valence-electron chi connectivity index (χ0n) is 19.3. The minimum atomic E-state index is -0.513. The van der Waals surface area contributed by atoms with Crippen LogP contribution in [0.2, 0.25) is 0 Å². The van der Waals surface area contributed by atoms with Crippen LogP contribution in [0.25, 0.3) is 0 Å². The van der Waals surface area contributed by atoms with Crippen LogP contribution in [0.15, 0.2) is 18.2 Å². The molecule has 1 aromatic carbocycles. The van der Waals surface area contributed by atoms with E-state index >= 15 is 0 Å². The normalized spacial score (nSPS) is 21.7. The molecule has 1 heterocycles. The summed E-state index contributed by atoms with van der Waals surface area (Å²) in [6, 6.07) is 4.65. The lowest BCUT2D eigenvalue weighted by molar-refractivity contribution is 0.0170. The summed E-state index contributed by atoms with van der Waals surface area (Å²) in [6.45, 7) is 8.17. The first-order valence-corrected chi connectivity index (χ1v) is 11.1. The third-order valence-corrected chi connectivity index (χ3v) is 6.04. The smallest absolute Gasteiger partial charge is 0.410 e. The van der Waals surface area contributed by atoms with E-state index < -0.39 is 11.4 Å². The maximum atomic E-state index is 14.2. The Kier molecular flexibility index (Phi) is 7.24. The van der Waals surface area contributed by atoms with Crippen molar-refractivity contribution in [2.75, 3.05) is 33.8 Å². The summed E-state index contributed by atoms with van der Waals surface area (Å²) in [5, 5.41) is 0. The van der Waals surface area contributed by atoms with Gasteiger partial charge in [0.25, 0.3) is 5.91 Å². The third kappa shape index (κ3) is 6.42. The molecule has 31 heavy (non-hydrogen) atoms. The summed E-state index contributed by atoms with van der Waals surface area (Å²) in [7, 11) is 3.21. The molecule has 1 aliphatic heterocycles. The maximum Gasteiger partial charge on any atom is 0.410 e. The van der Waals surface area contributed by atoms with Crippen molar-refractivity contribution in [1.29, 1.82) is 0 Å². The predicted octanol–water partition coefficient (Wildman–Crippen LogP) is 4.33. The topological polar surface area (TPSA) is 59.1 Å². The van der Waals surface area contributed by atoms with Gasteiger partial charge in [0.1, 0.15) is 11.4 Å². The molecule has 1 aromatic rings. The van der Waals surface area contributed by atoms with Crippen molar-refractivity contribution in [3.63, 3.8) is 0 Å². The fourth-order valence-electron chi connectivity index (χ4n) is 4.27. The van der Waals surface area contributed by atoms with Gasteiger partial charge in [-0.1, -0.05) is 6.07 Å². The molecule has 2 fully saturated rings. The Morgan fingerprint density at radius 3 is 2.45 bits per heavy atom. The second-order valence-electron chi connectivity index (χ2n) is 9.99. The molecule has 1 saturated heterocycles. The average molecular weight is 435 g/mol. The van der Waals surface area contributed by atoms with E-state index in [4.69, 9.17) is 9.47 Å². The van der Waals surface area contributed by atoms with Crippen molar-refractivity contribution < 1.29 is 23.5 Å². The quantitative estimate of drug-likeness (QED) is 0.669.